The number of carbonyl (C=O) groups is 1. The summed E-state index contributed by atoms with van der Waals surface area (Å²) in [6.45, 7) is 8.66. The van der Waals surface area contributed by atoms with Gasteiger partial charge in [-0.1, -0.05) is 6.07 Å². The van der Waals surface area contributed by atoms with Crippen molar-refractivity contribution in [2.75, 3.05) is 11.9 Å². The summed E-state index contributed by atoms with van der Waals surface area (Å²) in [5.41, 5.74) is 2.63. The zero-order valence-electron chi connectivity index (χ0n) is 20.1. The summed E-state index contributed by atoms with van der Waals surface area (Å²) in [4.78, 5) is 15.0. The van der Waals surface area contributed by atoms with Gasteiger partial charge in [-0.2, -0.15) is 10.2 Å². The van der Waals surface area contributed by atoms with Crippen LogP contribution in [0, 0.1) is 0 Å². The lowest BCUT2D eigenvalue weighted by molar-refractivity contribution is -0.122. The van der Waals surface area contributed by atoms with Crippen LogP contribution >= 0.6 is 0 Å². The highest BCUT2D eigenvalue weighted by molar-refractivity contribution is 5.72. The lowest BCUT2D eigenvalue weighted by Gasteiger charge is -2.48. The highest BCUT2D eigenvalue weighted by atomic mass is 16.3. The number of phenols is 1. The summed E-state index contributed by atoms with van der Waals surface area (Å²) < 4.78 is 0. The summed E-state index contributed by atoms with van der Waals surface area (Å²) in [6.07, 6.45) is 5.25. The molecule has 3 heterocycles. The first-order valence-corrected chi connectivity index (χ1v) is 11.0. The molecule has 0 saturated carbocycles. The van der Waals surface area contributed by atoms with Gasteiger partial charge in [-0.25, -0.2) is 4.98 Å². The molecular formula is C24H31N7O3. The van der Waals surface area contributed by atoms with Crippen molar-refractivity contribution in [2.24, 2.45) is 0 Å². The van der Waals surface area contributed by atoms with E-state index in [9.17, 15) is 5.11 Å². The van der Waals surface area contributed by atoms with Gasteiger partial charge in [0.2, 0.25) is 5.95 Å². The van der Waals surface area contributed by atoms with Crippen LogP contribution in [0.2, 0.25) is 0 Å². The van der Waals surface area contributed by atoms with Crippen LogP contribution in [0.4, 0.5) is 5.95 Å². The summed E-state index contributed by atoms with van der Waals surface area (Å²) in [7, 11) is 2.02. The number of aromatic hydroxyl groups is 1. The number of hydrogen-bond donors (Lipinski definition) is 3. The maximum atomic E-state index is 10.5. The molecule has 0 bridgehead atoms. The minimum atomic E-state index is -0.250. The molecular weight excluding hydrogens is 434 g/mol. The molecule has 34 heavy (non-hydrogen) atoms. The Balaban J connectivity index is 0.00000103. The van der Waals surface area contributed by atoms with Crippen molar-refractivity contribution < 1.29 is 15.0 Å². The Hall–Kier alpha value is -3.66. The largest absolute Gasteiger partial charge is 0.507 e. The molecule has 180 valence electrons. The van der Waals surface area contributed by atoms with Crippen molar-refractivity contribution in [1.82, 2.24) is 30.7 Å². The zero-order chi connectivity index (χ0) is 24.9. The van der Waals surface area contributed by atoms with Gasteiger partial charge in [0.1, 0.15) is 11.4 Å². The van der Waals surface area contributed by atoms with E-state index < -0.39 is 0 Å². The molecule has 1 fully saturated rings. The van der Waals surface area contributed by atoms with Gasteiger partial charge in [-0.3, -0.25) is 4.79 Å². The minimum Gasteiger partial charge on any atom is -0.507 e. The second kappa shape index (κ2) is 10.1. The number of aromatic nitrogens is 5. The van der Waals surface area contributed by atoms with E-state index in [0.717, 1.165) is 18.4 Å². The van der Waals surface area contributed by atoms with E-state index in [0.29, 0.717) is 28.9 Å². The van der Waals surface area contributed by atoms with E-state index in [1.165, 1.54) is 0 Å². The molecule has 0 unspecified atom stereocenters. The van der Waals surface area contributed by atoms with Gasteiger partial charge in [-0.15, -0.1) is 10.2 Å². The van der Waals surface area contributed by atoms with Crippen LogP contribution in [-0.4, -0.2) is 66.2 Å². The van der Waals surface area contributed by atoms with Crippen LogP contribution in [0.5, 0.6) is 5.75 Å². The number of nitrogens with one attached hydrogen (secondary N) is 1. The molecule has 0 atom stereocenters. The molecule has 10 nitrogen and oxygen atoms in total. The number of phenolic OH excluding ortho intramolecular Hbond substituents is 1. The quantitative estimate of drug-likeness (QED) is 0.493. The van der Waals surface area contributed by atoms with Gasteiger partial charge >= 0.3 is 0 Å². The third kappa shape index (κ3) is 6.02. The summed E-state index contributed by atoms with van der Waals surface area (Å²) in [6, 6.07) is 9.28. The van der Waals surface area contributed by atoms with Crippen molar-refractivity contribution in [2.45, 2.75) is 57.7 Å². The predicted molar refractivity (Wildman–Crippen MR) is 129 cm³/mol. The summed E-state index contributed by atoms with van der Waals surface area (Å²) in [5, 5.41) is 37.8. The lowest BCUT2D eigenvalue weighted by atomic mass is 9.79. The van der Waals surface area contributed by atoms with E-state index in [1.807, 2.05) is 25.2 Å². The first-order chi connectivity index (χ1) is 16.0. The molecule has 0 radical (unpaired) electrons. The molecule has 2 aromatic heterocycles. The number of hydrogen-bond acceptors (Lipinski definition) is 9. The summed E-state index contributed by atoms with van der Waals surface area (Å²) in [5.74, 6) is 0.681. The smallest absolute Gasteiger partial charge is 0.290 e. The van der Waals surface area contributed by atoms with E-state index >= 15 is 0 Å². The average molecular weight is 466 g/mol. The molecule has 3 N–H and O–H groups in total. The fourth-order valence-electron chi connectivity index (χ4n) is 4.62. The Bertz CT molecular complexity index is 1090. The van der Waals surface area contributed by atoms with Crippen molar-refractivity contribution in [3.8, 4) is 28.3 Å². The molecule has 3 aromatic rings. The van der Waals surface area contributed by atoms with Crippen molar-refractivity contribution >= 4 is 12.4 Å². The second-order valence-corrected chi connectivity index (χ2v) is 9.66. The Morgan fingerprint density at radius 3 is 2.26 bits per heavy atom. The zero-order valence-corrected chi connectivity index (χ0v) is 20.1. The second-order valence-electron chi connectivity index (χ2n) is 9.66. The SMILES string of the molecule is CN(c1ncc(-c2ccc(-c3cccnn3)cc2O)nn1)C1CC(C)(C)NC(C)(C)C1.O=CO. The summed E-state index contributed by atoms with van der Waals surface area (Å²) >= 11 is 0. The molecule has 1 aliphatic heterocycles. The number of anilines is 1. The first kappa shape index (κ1) is 25.0. The van der Waals surface area contributed by atoms with Crippen LogP contribution < -0.4 is 10.2 Å². The topological polar surface area (TPSA) is 137 Å². The van der Waals surface area contributed by atoms with Crippen molar-refractivity contribution in [3.05, 3.63) is 42.7 Å². The fraction of sp³-hybridized carbons (Fsp3) is 0.417. The maximum absolute atomic E-state index is 10.5. The van der Waals surface area contributed by atoms with Crippen molar-refractivity contribution in [1.29, 1.82) is 0 Å². The normalized spacial score (nSPS) is 16.7. The van der Waals surface area contributed by atoms with Crippen LogP contribution in [0.3, 0.4) is 0 Å². The monoisotopic (exact) mass is 465 g/mol. The Morgan fingerprint density at radius 1 is 1.06 bits per heavy atom. The lowest BCUT2D eigenvalue weighted by Crippen LogP contribution is -2.62. The third-order valence-corrected chi connectivity index (χ3v) is 5.72. The number of carboxylic acid groups (broad SMARTS) is 1. The van der Waals surface area contributed by atoms with E-state index in [2.05, 4.69) is 63.3 Å². The Labute approximate surface area is 199 Å². The van der Waals surface area contributed by atoms with Gasteiger partial charge in [0.25, 0.3) is 6.47 Å². The Kier molecular flexibility index (Phi) is 7.41. The van der Waals surface area contributed by atoms with Crippen LogP contribution in [0.15, 0.2) is 42.7 Å². The highest BCUT2D eigenvalue weighted by Crippen LogP contribution is 2.33. The number of benzene rings is 1. The number of piperidine rings is 1. The molecule has 10 heteroatoms. The van der Waals surface area contributed by atoms with E-state index in [-0.39, 0.29) is 23.3 Å². The van der Waals surface area contributed by atoms with Gasteiger partial charge in [0.05, 0.1) is 11.9 Å². The molecule has 1 saturated heterocycles. The molecule has 4 rings (SSSR count). The van der Waals surface area contributed by atoms with Crippen LogP contribution in [0.1, 0.15) is 40.5 Å². The molecule has 1 aliphatic rings. The first-order valence-electron chi connectivity index (χ1n) is 11.0. The van der Waals surface area contributed by atoms with Gasteiger partial charge < -0.3 is 20.4 Å². The van der Waals surface area contributed by atoms with Crippen molar-refractivity contribution in [3.63, 3.8) is 0 Å². The molecule has 0 spiro atoms. The molecule has 0 amide bonds. The molecule has 0 aliphatic carbocycles. The van der Waals surface area contributed by atoms with Crippen LogP contribution in [-0.2, 0) is 4.79 Å². The standard InChI is InChI=1S/C23H29N7O.CH2O2/c1-22(2)12-16(13-23(3,4)29-22)30(5)21-24-14-19(27-28-21)17-9-8-15(11-20(17)31)18-7-6-10-25-26-18;2-1-3/h6-11,14,16,29,31H,12-13H2,1-5H3;1H,(H,2,3). The maximum Gasteiger partial charge on any atom is 0.290 e. The van der Waals surface area contributed by atoms with E-state index in [4.69, 9.17) is 9.90 Å². The van der Waals surface area contributed by atoms with Gasteiger partial charge in [-0.05, 0) is 64.8 Å². The van der Waals surface area contributed by atoms with Crippen LogP contribution in [0.25, 0.3) is 22.5 Å². The third-order valence-electron chi connectivity index (χ3n) is 5.72. The van der Waals surface area contributed by atoms with Gasteiger partial charge in [0, 0.05) is 41.5 Å². The minimum absolute atomic E-state index is 0.0325. The number of nitrogens with zero attached hydrogens (tertiary/aromatic N) is 6. The number of rotatable bonds is 4. The highest BCUT2D eigenvalue weighted by Gasteiger charge is 2.39. The van der Waals surface area contributed by atoms with E-state index in [1.54, 1.807) is 24.5 Å². The van der Waals surface area contributed by atoms with Gasteiger partial charge in [0.15, 0.2) is 0 Å². The fourth-order valence-corrected chi connectivity index (χ4v) is 4.62. The Morgan fingerprint density at radius 2 is 1.74 bits per heavy atom. The predicted octanol–water partition coefficient (Wildman–Crippen LogP) is 3.15. The average Bonchev–Trinajstić information content (AvgIpc) is 2.78. The molecule has 1 aromatic carbocycles.